The van der Waals surface area contributed by atoms with Crippen molar-refractivity contribution in [1.82, 2.24) is 20.5 Å². The summed E-state index contributed by atoms with van der Waals surface area (Å²) < 4.78 is 12.0. The predicted octanol–water partition coefficient (Wildman–Crippen LogP) is 8.32. The molecule has 1 aromatic heterocycles. The highest BCUT2D eigenvalue weighted by atomic mass is 35.5. The molecule has 3 N–H and O–H groups in total. The topological polar surface area (TPSA) is 188 Å². The Balaban J connectivity index is 0.913. The molecule has 0 radical (unpaired) electrons. The number of aliphatic hydroxyl groups excluding tert-OH is 1. The van der Waals surface area contributed by atoms with Crippen LogP contribution in [0.3, 0.4) is 0 Å². The number of β-amino-alcohol motifs (C(OH)–C–C–N with tert-alkyl or cyclic N) is 1. The van der Waals surface area contributed by atoms with E-state index in [2.05, 4.69) is 15.6 Å². The molecule has 2 aliphatic rings. The van der Waals surface area contributed by atoms with Gasteiger partial charge in [-0.15, -0.1) is 11.3 Å². The normalized spacial score (nSPS) is 20.0. The lowest BCUT2D eigenvalue weighted by molar-refractivity contribution is -0.164. The zero-order valence-corrected chi connectivity index (χ0v) is 41.2. The predicted molar refractivity (Wildman–Crippen MR) is 258 cm³/mol. The number of Topliss-reactive ketones (excluding diaryl/α,β-unsaturated/α-hetero) is 2. The van der Waals surface area contributed by atoms with Gasteiger partial charge in [0.15, 0.2) is 11.6 Å². The molecule has 3 atom stereocenters. The number of aryl methyl sites for hydroxylation is 2. The Morgan fingerprint density at radius 2 is 1.64 bits per heavy atom. The first kappa shape index (κ1) is 50.9. The number of unbranched alkanes of at least 4 members (excludes halogenated alkanes) is 1. The van der Waals surface area contributed by atoms with E-state index in [0.717, 1.165) is 21.7 Å². The fraction of sp³-hybridized carbons (Fsp3) is 0.481. The molecule has 1 aliphatic carbocycles. The number of ether oxygens (including phenoxy) is 2. The second-order valence-electron chi connectivity index (χ2n) is 20.0. The molecular formula is C52H62ClN5O8S. The summed E-state index contributed by atoms with van der Waals surface area (Å²) in [5.74, 6) is -0.842. The molecule has 1 aliphatic heterocycles. The van der Waals surface area contributed by atoms with Gasteiger partial charge in [-0.1, -0.05) is 96.5 Å². The average Bonchev–Trinajstić information content (AvgIpc) is 3.91. The van der Waals surface area contributed by atoms with Crippen LogP contribution in [0.25, 0.3) is 10.4 Å². The highest BCUT2D eigenvalue weighted by Gasteiger charge is 2.64. The Hall–Kier alpha value is -5.46. The first-order chi connectivity index (χ1) is 31.6. The van der Waals surface area contributed by atoms with Gasteiger partial charge in [-0.2, -0.15) is 5.26 Å². The van der Waals surface area contributed by atoms with E-state index in [1.165, 1.54) is 4.90 Å². The number of nitrogens with zero attached hydrogens (tertiary/aromatic N) is 3. The van der Waals surface area contributed by atoms with E-state index in [0.29, 0.717) is 46.7 Å². The third-order valence-corrected chi connectivity index (χ3v) is 14.3. The minimum atomic E-state index is -0.965. The van der Waals surface area contributed by atoms with E-state index in [1.54, 1.807) is 53.8 Å². The van der Waals surface area contributed by atoms with Gasteiger partial charge in [-0.25, -0.2) is 4.98 Å². The second-order valence-corrected chi connectivity index (χ2v) is 21.3. The van der Waals surface area contributed by atoms with Crippen molar-refractivity contribution in [1.29, 1.82) is 5.26 Å². The van der Waals surface area contributed by atoms with Crippen LogP contribution in [-0.2, 0) is 25.5 Å². The van der Waals surface area contributed by atoms with Crippen molar-refractivity contribution in [2.45, 2.75) is 124 Å². The number of nitrogens with one attached hydrogen (secondary N) is 2. The molecule has 15 heteroatoms. The number of likely N-dealkylation sites (tertiary alicyclic amines) is 1. The number of carbonyl (C=O) groups is 5. The highest BCUT2D eigenvalue weighted by Crippen LogP contribution is 2.55. The fourth-order valence-electron chi connectivity index (χ4n) is 9.63. The summed E-state index contributed by atoms with van der Waals surface area (Å²) in [6, 6.07) is 19.6. The third-order valence-electron chi connectivity index (χ3n) is 13.0. The minimum absolute atomic E-state index is 0.00377. The Morgan fingerprint density at radius 3 is 2.25 bits per heavy atom. The number of nitriles is 1. The molecule has 2 heterocycles. The largest absolute Gasteiger partial charge is 0.489 e. The van der Waals surface area contributed by atoms with Gasteiger partial charge in [0.05, 0.1) is 38.8 Å². The van der Waals surface area contributed by atoms with Crippen LogP contribution < -0.4 is 15.4 Å². The van der Waals surface area contributed by atoms with Crippen LogP contribution >= 0.6 is 22.9 Å². The first-order valence-corrected chi connectivity index (χ1v) is 24.1. The molecule has 1 saturated carbocycles. The smallest absolute Gasteiger partial charge is 0.251 e. The van der Waals surface area contributed by atoms with Crippen LogP contribution in [0.1, 0.15) is 118 Å². The molecule has 6 rings (SSSR count). The van der Waals surface area contributed by atoms with Gasteiger partial charge in [0.1, 0.15) is 30.6 Å². The number of rotatable bonds is 19. The van der Waals surface area contributed by atoms with Crippen LogP contribution in [0.4, 0.5) is 0 Å². The van der Waals surface area contributed by atoms with E-state index in [4.69, 9.17) is 21.1 Å². The summed E-state index contributed by atoms with van der Waals surface area (Å²) in [6.45, 7) is 15.5. The monoisotopic (exact) mass is 951 g/mol. The number of benzene rings is 3. The Kier molecular flexibility index (Phi) is 16.1. The van der Waals surface area contributed by atoms with Crippen LogP contribution in [-0.4, -0.2) is 94.4 Å². The number of hydrogen-bond donors (Lipinski definition) is 3. The molecule has 13 nitrogen and oxygen atoms in total. The van der Waals surface area contributed by atoms with E-state index in [1.807, 2.05) is 91.2 Å². The SMILES string of the molecule is Cc1ncsc1-c1ccc(CCC(=O)[C@@H]2C[C@@H](O)CN2C(=O)[C@@H](NC(=O)COCCCCC(=O)c2ccc(C(=O)NC3C(C)(C)C(Oc4ccc(C#N)c(Cl)c4)C3(C)C)cc2)C(C)(C)C)cc1. The molecular weight excluding hydrogens is 890 g/mol. The summed E-state index contributed by atoms with van der Waals surface area (Å²) in [5.41, 5.74) is 4.55. The van der Waals surface area contributed by atoms with E-state index < -0.39 is 46.2 Å². The lowest BCUT2D eigenvalue weighted by Gasteiger charge is -2.63. The number of thiazole rings is 1. The van der Waals surface area contributed by atoms with Gasteiger partial charge in [-0.05, 0) is 67.0 Å². The van der Waals surface area contributed by atoms with Crippen molar-refractivity contribution in [3.63, 3.8) is 0 Å². The summed E-state index contributed by atoms with van der Waals surface area (Å²) >= 11 is 7.81. The van der Waals surface area contributed by atoms with Crippen molar-refractivity contribution < 1.29 is 38.6 Å². The number of halogens is 1. The standard InChI is InChI=1S/C52H62ClN5O8S/c1-31-44(67-30-55-31)34-15-12-32(13-16-34)14-23-42(61)40-25-37(59)28-58(40)47(64)45(50(2,3)4)56-43(62)29-65-24-10-9-11-41(60)33-17-19-35(20-18-33)46(63)57-48-51(5,6)49(52(48,7)8)66-38-22-21-36(27-54)39(53)26-38/h12-13,15-22,26,30,37,40,45,48-49,59H,9-11,14,23-25,28-29H2,1-8H3,(H,56,62)(H,57,63)/t37-,40+,45-,48?,49?/m1/s1. The second kappa shape index (κ2) is 21.2. The molecule has 3 aromatic carbocycles. The Morgan fingerprint density at radius 1 is 0.970 bits per heavy atom. The van der Waals surface area contributed by atoms with Crippen molar-refractivity contribution >= 4 is 52.2 Å². The van der Waals surface area contributed by atoms with Crippen molar-refractivity contribution in [3.05, 3.63) is 105 Å². The van der Waals surface area contributed by atoms with Gasteiger partial charge in [0.25, 0.3) is 5.91 Å². The maximum absolute atomic E-state index is 14.0. The van der Waals surface area contributed by atoms with Crippen LogP contribution in [0.2, 0.25) is 5.02 Å². The maximum Gasteiger partial charge on any atom is 0.251 e. The van der Waals surface area contributed by atoms with Crippen LogP contribution in [0.5, 0.6) is 5.75 Å². The molecule has 3 amide bonds. The van der Waals surface area contributed by atoms with E-state index >= 15 is 0 Å². The van der Waals surface area contributed by atoms with Gasteiger partial charge in [0.2, 0.25) is 11.8 Å². The molecule has 67 heavy (non-hydrogen) atoms. The highest BCUT2D eigenvalue weighted by molar-refractivity contribution is 7.13. The number of aliphatic hydroxyl groups is 1. The number of aromatic nitrogens is 1. The summed E-state index contributed by atoms with van der Waals surface area (Å²) in [7, 11) is 0. The van der Waals surface area contributed by atoms with Crippen molar-refractivity contribution in [3.8, 4) is 22.3 Å². The van der Waals surface area contributed by atoms with Crippen LogP contribution in [0, 0.1) is 34.5 Å². The third kappa shape index (κ3) is 12.0. The Labute approximate surface area is 402 Å². The molecule has 0 bridgehead atoms. The molecule has 1 saturated heterocycles. The van der Waals surface area contributed by atoms with Gasteiger partial charge in [0, 0.05) is 66.5 Å². The molecule has 2 fully saturated rings. The lowest BCUT2D eigenvalue weighted by atomic mass is 9.49. The van der Waals surface area contributed by atoms with Crippen molar-refractivity contribution in [2.24, 2.45) is 16.2 Å². The van der Waals surface area contributed by atoms with E-state index in [9.17, 15) is 34.3 Å². The molecule has 356 valence electrons. The Bertz CT molecular complexity index is 2470. The fourth-order valence-corrected chi connectivity index (χ4v) is 10.7. The van der Waals surface area contributed by atoms with Crippen LogP contribution in [0.15, 0.2) is 72.2 Å². The minimum Gasteiger partial charge on any atom is -0.489 e. The number of amides is 3. The number of ketones is 2. The summed E-state index contributed by atoms with van der Waals surface area (Å²) in [5, 5.41) is 26.1. The summed E-state index contributed by atoms with van der Waals surface area (Å²) in [4.78, 5) is 73.9. The number of carbonyl (C=O) groups excluding carboxylic acids is 5. The first-order valence-electron chi connectivity index (χ1n) is 22.8. The van der Waals surface area contributed by atoms with E-state index in [-0.39, 0.29) is 68.6 Å². The van der Waals surface area contributed by atoms with Gasteiger partial charge in [-0.3, -0.25) is 24.0 Å². The molecule has 0 spiro atoms. The average molecular weight is 953 g/mol. The number of hydrogen-bond acceptors (Lipinski definition) is 11. The lowest BCUT2D eigenvalue weighted by Crippen LogP contribution is -2.74. The molecule has 4 aromatic rings. The molecule has 0 unspecified atom stereocenters. The summed E-state index contributed by atoms with van der Waals surface area (Å²) in [6.07, 6.45) is 1.02. The van der Waals surface area contributed by atoms with Gasteiger partial charge < -0.3 is 30.1 Å². The maximum atomic E-state index is 14.0. The van der Waals surface area contributed by atoms with Gasteiger partial charge >= 0.3 is 0 Å². The zero-order valence-electron chi connectivity index (χ0n) is 39.6. The zero-order chi connectivity index (χ0) is 48.8. The van der Waals surface area contributed by atoms with Crippen molar-refractivity contribution in [2.75, 3.05) is 19.8 Å². The quantitative estimate of drug-likeness (QED) is 0.0609.